The Morgan fingerprint density at radius 1 is 1.04 bits per heavy atom. The fraction of sp³-hybridized carbons (Fsp3) is 0.529. The van der Waals surface area contributed by atoms with E-state index in [0.29, 0.717) is 4.90 Å². The molecule has 0 heterocycles. The highest BCUT2D eigenvalue weighted by Crippen LogP contribution is 2.37. The summed E-state index contributed by atoms with van der Waals surface area (Å²) < 4.78 is 10.5. The van der Waals surface area contributed by atoms with Gasteiger partial charge in [0.1, 0.15) is 16.9 Å². The molecule has 0 aromatic heterocycles. The predicted octanol–water partition coefficient (Wildman–Crippen LogP) is 5.23. The van der Waals surface area contributed by atoms with E-state index < -0.39 is 34.0 Å². The molecule has 2 amide bonds. The Hall–Kier alpha value is -2.35. The second-order valence-corrected chi connectivity index (χ2v) is 8.00. The molecule has 0 unspecified atom stereocenters. The average Bonchev–Trinajstić information content (AvgIpc) is 2.38. The van der Waals surface area contributed by atoms with E-state index in [2.05, 4.69) is 0 Å². The Labute approximate surface area is 157 Å². The van der Waals surface area contributed by atoms with Crippen LogP contribution in [0.5, 0.6) is 0 Å². The van der Waals surface area contributed by atoms with Crippen LogP contribution in [0.25, 0.3) is 0 Å². The number of benzene rings is 1. The largest absolute Gasteiger partial charge is 0.443 e. The highest BCUT2D eigenvalue weighted by molar-refractivity contribution is 6.32. The summed E-state index contributed by atoms with van der Waals surface area (Å²) in [5, 5.41) is 11.7. The number of halogens is 1. The SMILES string of the molecule is Cc1c(Cl)ccc(N(C(=O)OC(C)(C)C)C(=O)OC(C)(C)C)c1[N+](=O)[O-]. The first-order chi connectivity index (χ1) is 11.6. The van der Waals surface area contributed by atoms with E-state index in [1.807, 2.05) is 0 Å². The quantitative estimate of drug-likeness (QED) is 0.509. The van der Waals surface area contributed by atoms with E-state index in [1.165, 1.54) is 19.1 Å². The van der Waals surface area contributed by atoms with Crippen molar-refractivity contribution in [1.82, 2.24) is 0 Å². The summed E-state index contributed by atoms with van der Waals surface area (Å²) in [6.07, 6.45) is -2.17. The number of rotatable bonds is 2. The van der Waals surface area contributed by atoms with Crippen LogP contribution in [0.4, 0.5) is 21.0 Å². The number of nitrogens with zero attached hydrogens (tertiary/aromatic N) is 2. The first-order valence-electron chi connectivity index (χ1n) is 7.83. The van der Waals surface area contributed by atoms with E-state index in [1.54, 1.807) is 41.5 Å². The maximum atomic E-state index is 12.6. The fourth-order valence-electron chi connectivity index (χ4n) is 1.96. The third-order valence-electron chi connectivity index (χ3n) is 2.92. The molecule has 0 bridgehead atoms. The van der Waals surface area contributed by atoms with Crippen LogP contribution in [0.15, 0.2) is 12.1 Å². The second-order valence-electron chi connectivity index (χ2n) is 7.59. The Bertz CT molecular complexity index is 706. The number of carbonyl (C=O) groups excluding carboxylic acids is 2. The number of ether oxygens (including phenoxy) is 2. The van der Waals surface area contributed by atoms with Crippen molar-refractivity contribution in [3.8, 4) is 0 Å². The standard InChI is InChI=1S/C17H23ClN2O6/c1-10-11(18)8-9-12(13(10)20(23)24)19(14(21)25-16(2,3)4)15(22)26-17(5,6)7/h8-9H,1-7H3. The second kappa shape index (κ2) is 7.49. The van der Waals surface area contributed by atoms with Gasteiger partial charge in [0, 0.05) is 5.56 Å². The van der Waals surface area contributed by atoms with Crippen molar-refractivity contribution >= 4 is 35.2 Å². The number of nitro groups is 1. The molecular formula is C17H23ClN2O6. The summed E-state index contributed by atoms with van der Waals surface area (Å²) in [5.74, 6) is 0. The molecule has 9 heteroatoms. The Morgan fingerprint density at radius 2 is 1.46 bits per heavy atom. The number of anilines is 1. The first kappa shape index (κ1) is 21.7. The molecule has 0 atom stereocenters. The van der Waals surface area contributed by atoms with E-state index in [0.717, 1.165) is 0 Å². The van der Waals surface area contributed by atoms with E-state index in [4.69, 9.17) is 21.1 Å². The van der Waals surface area contributed by atoms with Crippen molar-refractivity contribution in [2.45, 2.75) is 59.7 Å². The molecule has 0 aliphatic rings. The summed E-state index contributed by atoms with van der Waals surface area (Å²) in [4.78, 5) is 36.5. The molecule has 0 aliphatic heterocycles. The highest BCUT2D eigenvalue weighted by Gasteiger charge is 2.37. The maximum absolute atomic E-state index is 12.6. The number of hydrogen-bond acceptors (Lipinski definition) is 6. The summed E-state index contributed by atoms with van der Waals surface area (Å²) in [6.45, 7) is 11.1. The van der Waals surface area contributed by atoms with E-state index in [-0.39, 0.29) is 16.3 Å². The first-order valence-corrected chi connectivity index (χ1v) is 8.21. The van der Waals surface area contributed by atoms with Crippen LogP contribution >= 0.6 is 11.6 Å². The number of amides is 2. The van der Waals surface area contributed by atoms with Crippen molar-refractivity contribution in [2.24, 2.45) is 0 Å². The lowest BCUT2D eigenvalue weighted by atomic mass is 10.1. The molecule has 0 radical (unpaired) electrons. The van der Waals surface area contributed by atoms with Crippen LogP contribution in [0, 0.1) is 17.0 Å². The van der Waals surface area contributed by atoms with Gasteiger partial charge in [-0.05, 0) is 60.6 Å². The molecule has 1 aromatic rings. The number of hydrogen-bond donors (Lipinski definition) is 0. The van der Waals surface area contributed by atoms with Gasteiger partial charge in [-0.3, -0.25) is 10.1 Å². The van der Waals surface area contributed by atoms with Crippen LogP contribution in [0.1, 0.15) is 47.1 Å². The average molecular weight is 387 g/mol. The Kier molecular flexibility index (Phi) is 6.25. The van der Waals surface area contributed by atoms with Crippen LogP contribution in [0.2, 0.25) is 5.02 Å². The molecule has 0 fully saturated rings. The summed E-state index contributed by atoms with van der Waals surface area (Å²) >= 11 is 5.95. The molecule has 26 heavy (non-hydrogen) atoms. The van der Waals surface area contributed by atoms with Crippen LogP contribution < -0.4 is 4.90 Å². The van der Waals surface area contributed by atoms with Gasteiger partial charge >= 0.3 is 12.2 Å². The lowest BCUT2D eigenvalue weighted by molar-refractivity contribution is -0.384. The van der Waals surface area contributed by atoms with Crippen molar-refractivity contribution in [3.05, 3.63) is 32.8 Å². The fourth-order valence-corrected chi connectivity index (χ4v) is 2.11. The van der Waals surface area contributed by atoms with Gasteiger partial charge in [0.25, 0.3) is 5.69 Å². The van der Waals surface area contributed by atoms with Crippen LogP contribution in [-0.4, -0.2) is 28.3 Å². The minimum atomic E-state index is -1.09. The third kappa shape index (κ3) is 5.59. The van der Waals surface area contributed by atoms with Crippen molar-refractivity contribution < 1.29 is 24.0 Å². The molecular weight excluding hydrogens is 364 g/mol. The van der Waals surface area contributed by atoms with Crippen LogP contribution in [0.3, 0.4) is 0 Å². The van der Waals surface area contributed by atoms with Gasteiger partial charge < -0.3 is 9.47 Å². The highest BCUT2D eigenvalue weighted by atomic mass is 35.5. The number of nitro benzene ring substituents is 1. The van der Waals surface area contributed by atoms with Gasteiger partial charge in [-0.15, -0.1) is 0 Å². The molecule has 1 rings (SSSR count). The summed E-state index contributed by atoms with van der Waals surface area (Å²) in [5.41, 5.74) is -2.48. The minimum absolute atomic E-state index is 0.117. The van der Waals surface area contributed by atoms with E-state index in [9.17, 15) is 19.7 Å². The molecule has 144 valence electrons. The zero-order chi connectivity index (χ0) is 20.4. The topological polar surface area (TPSA) is 99.0 Å². The van der Waals surface area contributed by atoms with E-state index >= 15 is 0 Å². The van der Waals surface area contributed by atoms with Gasteiger partial charge in [-0.1, -0.05) is 11.6 Å². The summed E-state index contributed by atoms with van der Waals surface area (Å²) in [7, 11) is 0. The Balaban J connectivity index is 3.56. The third-order valence-corrected chi connectivity index (χ3v) is 3.33. The normalized spacial score (nSPS) is 11.7. The molecule has 0 saturated carbocycles. The molecule has 0 spiro atoms. The van der Waals surface area contributed by atoms with Crippen LogP contribution in [-0.2, 0) is 9.47 Å². The number of imide groups is 1. The van der Waals surface area contributed by atoms with Crippen molar-refractivity contribution in [3.63, 3.8) is 0 Å². The Morgan fingerprint density at radius 3 is 1.81 bits per heavy atom. The maximum Gasteiger partial charge on any atom is 0.424 e. The zero-order valence-electron chi connectivity index (χ0n) is 15.9. The molecule has 8 nitrogen and oxygen atoms in total. The monoisotopic (exact) mass is 386 g/mol. The lowest BCUT2D eigenvalue weighted by Gasteiger charge is -2.28. The molecule has 0 N–H and O–H groups in total. The van der Waals surface area contributed by atoms with Gasteiger partial charge in [0.15, 0.2) is 0 Å². The van der Waals surface area contributed by atoms with Gasteiger partial charge in [-0.25, -0.2) is 9.59 Å². The van der Waals surface area contributed by atoms with Crippen molar-refractivity contribution in [2.75, 3.05) is 4.90 Å². The zero-order valence-corrected chi connectivity index (χ0v) is 16.6. The van der Waals surface area contributed by atoms with Crippen molar-refractivity contribution in [1.29, 1.82) is 0 Å². The number of carbonyl (C=O) groups is 2. The molecule has 1 aromatic carbocycles. The van der Waals surface area contributed by atoms with Gasteiger partial charge in [0.2, 0.25) is 0 Å². The van der Waals surface area contributed by atoms with Gasteiger partial charge in [0.05, 0.1) is 9.95 Å². The summed E-state index contributed by atoms with van der Waals surface area (Å²) in [6, 6.07) is 2.57. The smallest absolute Gasteiger partial charge is 0.424 e. The predicted molar refractivity (Wildman–Crippen MR) is 97.8 cm³/mol. The van der Waals surface area contributed by atoms with Gasteiger partial charge in [-0.2, -0.15) is 4.90 Å². The minimum Gasteiger partial charge on any atom is -0.443 e. The molecule has 0 aliphatic carbocycles. The lowest BCUT2D eigenvalue weighted by Crippen LogP contribution is -2.44. The molecule has 0 saturated heterocycles.